The molecule has 1 aliphatic rings. The van der Waals surface area contributed by atoms with Crippen LogP contribution in [-0.2, 0) is 11.5 Å². The Bertz CT molecular complexity index is 577. The van der Waals surface area contributed by atoms with Crippen LogP contribution in [0.4, 0.5) is 9.18 Å². The fourth-order valence-corrected chi connectivity index (χ4v) is 2.94. The number of carbonyl (C=O) groups is 2. The molecule has 1 atom stereocenters. The Labute approximate surface area is 129 Å². The second-order valence-corrected chi connectivity index (χ2v) is 5.71. The van der Waals surface area contributed by atoms with Crippen molar-refractivity contribution in [3.63, 3.8) is 0 Å². The van der Waals surface area contributed by atoms with Gasteiger partial charge in [-0.1, -0.05) is 18.2 Å². The van der Waals surface area contributed by atoms with E-state index in [2.05, 4.69) is 0 Å². The molecule has 1 heterocycles. The van der Waals surface area contributed by atoms with Crippen LogP contribution in [0.5, 0.6) is 0 Å². The lowest BCUT2D eigenvalue weighted by Gasteiger charge is -2.28. The smallest absolute Gasteiger partial charge is 0.407 e. The predicted octanol–water partition coefficient (Wildman–Crippen LogP) is 2.74. The van der Waals surface area contributed by atoms with E-state index in [1.165, 1.54) is 7.05 Å². The zero-order chi connectivity index (χ0) is 16.3. The van der Waals surface area contributed by atoms with Crippen LogP contribution in [0.2, 0.25) is 0 Å². The van der Waals surface area contributed by atoms with Crippen molar-refractivity contribution in [1.82, 2.24) is 9.80 Å². The van der Waals surface area contributed by atoms with E-state index in [0.29, 0.717) is 12.1 Å². The summed E-state index contributed by atoms with van der Waals surface area (Å²) in [6.45, 7) is 1.89. The Morgan fingerprint density at radius 1 is 1.45 bits per heavy atom. The predicted molar refractivity (Wildman–Crippen MR) is 80.3 cm³/mol. The molecule has 6 heteroatoms. The first-order valence-electron chi connectivity index (χ1n) is 7.33. The Morgan fingerprint density at radius 3 is 2.77 bits per heavy atom. The molecule has 1 aromatic carbocycles. The Morgan fingerprint density at radius 2 is 2.18 bits per heavy atom. The fourth-order valence-electron chi connectivity index (χ4n) is 2.94. The van der Waals surface area contributed by atoms with Gasteiger partial charge in [-0.05, 0) is 36.5 Å². The first kappa shape index (κ1) is 16.3. The van der Waals surface area contributed by atoms with Gasteiger partial charge in [0.1, 0.15) is 13.2 Å². The number of amides is 2. The van der Waals surface area contributed by atoms with Gasteiger partial charge in [-0.15, -0.1) is 0 Å². The SMILES string of the molecule is Cc1cc(CF)ccc1C1CCCN1C(=O)CN(C)C(=O)O. The van der Waals surface area contributed by atoms with Gasteiger partial charge in [0.2, 0.25) is 5.91 Å². The van der Waals surface area contributed by atoms with Crippen molar-refractivity contribution in [3.8, 4) is 0 Å². The zero-order valence-electron chi connectivity index (χ0n) is 12.9. The topological polar surface area (TPSA) is 60.9 Å². The Hall–Kier alpha value is -2.11. The summed E-state index contributed by atoms with van der Waals surface area (Å²) in [5, 5.41) is 8.88. The van der Waals surface area contributed by atoms with Crippen molar-refractivity contribution < 1.29 is 19.1 Å². The van der Waals surface area contributed by atoms with Gasteiger partial charge in [0.05, 0.1) is 6.04 Å². The summed E-state index contributed by atoms with van der Waals surface area (Å²) in [5.74, 6) is -0.193. The van der Waals surface area contributed by atoms with Gasteiger partial charge in [-0.3, -0.25) is 4.79 Å². The van der Waals surface area contributed by atoms with Crippen LogP contribution < -0.4 is 0 Å². The average molecular weight is 308 g/mol. The highest BCUT2D eigenvalue weighted by atomic mass is 19.1. The first-order valence-corrected chi connectivity index (χ1v) is 7.33. The van der Waals surface area contributed by atoms with E-state index in [4.69, 9.17) is 5.11 Å². The summed E-state index contributed by atoms with van der Waals surface area (Å²) in [5.41, 5.74) is 2.61. The third-order valence-corrected chi connectivity index (χ3v) is 4.12. The highest BCUT2D eigenvalue weighted by Crippen LogP contribution is 2.34. The number of aryl methyl sites for hydroxylation is 1. The van der Waals surface area contributed by atoms with Crippen LogP contribution in [0.25, 0.3) is 0 Å². The monoisotopic (exact) mass is 308 g/mol. The molecule has 22 heavy (non-hydrogen) atoms. The minimum Gasteiger partial charge on any atom is -0.465 e. The summed E-state index contributed by atoms with van der Waals surface area (Å²) in [7, 11) is 1.38. The number of halogens is 1. The van der Waals surface area contributed by atoms with Crippen molar-refractivity contribution >= 4 is 12.0 Å². The fraction of sp³-hybridized carbons (Fsp3) is 0.500. The maximum Gasteiger partial charge on any atom is 0.407 e. The third-order valence-electron chi connectivity index (χ3n) is 4.12. The second-order valence-electron chi connectivity index (χ2n) is 5.71. The minimum absolute atomic E-state index is 0.0524. The molecule has 1 fully saturated rings. The van der Waals surface area contributed by atoms with Gasteiger partial charge in [-0.2, -0.15) is 0 Å². The summed E-state index contributed by atoms with van der Waals surface area (Å²) >= 11 is 0. The number of hydrogen-bond acceptors (Lipinski definition) is 2. The summed E-state index contributed by atoms with van der Waals surface area (Å²) < 4.78 is 12.7. The van der Waals surface area contributed by atoms with Gasteiger partial charge < -0.3 is 14.9 Å². The average Bonchev–Trinajstić information content (AvgIpc) is 2.96. The lowest BCUT2D eigenvalue weighted by molar-refractivity contribution is -0.132. The van der Waals surface area contributed by atoms with E-state index in [9.17, 15) is 14.0 Å². The highest BCUT2D eigenvalue weighted by molar-refractivity contribution is 5.82. The molecule has 2 amide bonds. The molecule has 1 saturated heterocycles. The van der Waals surface area contributed by atoms with Crippen molar-refractivity contribution in [1.29, 1.82) is 0 Å². The van der Waals surface area contributed by atoms with Crippen LogP contribution in [0.15, 0.2) is 18.2 Å². The number of rotatable bonds is 4. The molecule has 1 aliphatic heterocycles. The molecule has 0 spiro atoms. The molecule has 0 saturated carbocycles. The molecule has 0 bridgehead atoms. The number of carbonyl (C=O) groups excluding carboxylic acids is 1. The molecule has 2 rings (SSSR count). The summed E-state index contributed by atoms with van der Waals surface area (Å²) in [6, 6.07) is 5.37. The molecule has 0 radical (unpaired) electrons. The lowest BCUT2D eigenvalue weighted by atomic mass is 9.97. The number of hydrogen-bond donors (Lipinski definition) is 1. The van der Waals surface area contributed by atoms with Crippen molar-refractivity contribution in [3.05, 3.63) is 34.9 Å². The van der Waals surface area contributed by atoms with E-state index >= 15 is 0 Å². The normalized spacial score (nSPS) is 17.6. The largest absolute Gasteiger partial charge is 0.465 e. The molecule has 1 aromatic rings. The third kappa shape index (κ3) is 3.37. The van der Waals surface area contributed by atoms with Crippen LogP contribution in [0.3, 0.4) is 0 Å². The second kappa shape index (κ2) is 6.77. The van der Waals surface area contributed by atoms with Crippen LogP contribution >= 0.6 is 0 Å². The molecule has 0 aliphatic carbocycles. The van der Waals surface area contributed by atoms with Gasteiger partial charge in [0, 0.05) is 13.6 Å². The van der Waals surface area contributed by atoms with Crippen LogP contribution in [0, 0.1) is 6.92 Å². The highest BCUT2D eigenvalue weighted by Gasteiger charge is 2.31. The molecule has 0 aromatic heterocycles. The number of likely N-dealkylation sites (tertiary alicyclic amines) is 1. The van der Waals surface area contributed by atoms with Gasteiger partial charge in [-0.25, -0.2) is 9.18 Å². The van der Waals surface area contributed by atoms with E-state index in [0.717, 1.165) is 28.9 Å². The molecule has 1 unspecified atom stereocenters. The Balaban J connectivity index is 2.17. The van der Waals surface area contributed by atoms with E-state index < -0.39 is 12.8 Å². The molecular weight excluding hydrogens is 287 g/mol. The van der Waals surface area contributed by atoms with E-state index in [1.54, 1.807) is 17.0 Å². The van der Waals surface area contributed by atoms with Crippen molar-refractivity contribution in [2.75, 3.05) is 20.1 Å². The number of alkyl halides is 1. The number of likely N-dealkylation sites (N-methyl/N-ethyl adjacent to an activating group) is 1. The lowest BCUT2D eigenvalue weighted by Crippen LogP contribution is -2.40. The van der Waals surface area contributed by atoms with Gasteiger partial charge >= 0.3 is 6.09 Å². The first-order chi connectivity index (χ1) is 10.4. The summed E-state index contributed by atoms with van der Waals surface area (Å²) in [6.07, 6.45) is 0.614. The van der Waals surface area contributed by atoms with Gasteiger partial charge in [0.15, 0.2) is 0 Å². The standard InChI is InChI=1S/C16H21FN2O3/c1-11-8-12(9-17)5-6-13(11)14-4-3-7-19(14)15(20)10-18(2)16(21)22/h5-6,8,14H,3-4,7,9-10H2,1-2H3,(H,21,22). The van der Waals surface area contributed by atoms with E-state index in [1.807, 2.05) is 13.0 Å². The molecular formula is C16H21FN2O3. The molecule has 1 N–H and O–H groups in total. The zero-order valence-corrected chi connectivity index (χ0v) is 12.9. The van der Waals surface area contributed by atoms with Crippen molar-refractivity contribution in [2.24, 2.45) is 0 Å². The quantitative estimate of drug-likeness (QED) is 0.930. The van der Waals surface area contributed by atoms with Crippen LogP contribution in [0.1, 0.15) is 35.6 Å². The summed E-state index contributed by atoms with van der Waals surface area (Å²) in [4.78, 5) is 25.9. The van der Waals surface area contributed by atoms with E-state index in [-0.39, 0.29) is 18.5 Å². The Kier molecular flexibility index (Phi) is 5.00. The minimum atomic E-state index is -1.12. The van der Waals surface area contributed by atoms with Crippen LogP contribution in [-0.4, -0.2) is 47.0 Å². The van der Waals surface area contributed by atoms with Crippen molar-refractivity contribution in [2.45, 2.75) is 32.5 Å². The van der Waals surface area contributed by atoms with Gasteiger partial charge in [0.25, 0.3) is 0 Å². The molecule has 120 valence electrons. The maximum absolute atomic E-state index is 12.7. The maximum atomic E-state index is 12.7. The number of nitrogens with zero attached hydrogens (tertiary/aromatic N) is 2. The number of benzene rings is 1. The number of carboxylic acid groups (broad SMARTS) is 1. The molecule has 5 nitrogen and oxygen atoms in total.